The van der Waals surface area contributed by atoms with Crippen molar-refractivity contribution in [2.75, 3.05) is 19.7 Å². The normalized spacial score (nSPS) is 18.9. The molecule has 0 radical (unpaired) electrons. The van der Waals surface area contributed by atoms with Gasteiger partial charge in [0, 0.05) is 19.1 Å². The predicted octanol–water partition coefficient (Wildman–Crippen LogP) is 2.20. The highest BCUT2D eigenvalue weighted by atomic mass is 35.5. The second-order valence-electron chi connectivity index (χ2n) is 7.02. The van der Waals surface area contributed by atoms with Crippen molar-refractivity contribution in [1.82, 2.24) is 9.62 Å². The Morgan fingerprint density at radius 1 is 1.30 bits per heavy atom. The van der Waals surface area contributed by atoms with Crippen LogP contribution in [0, 0.1) is 5.92 Å². The molecule has 1 aromatic rings. The van der Waals surface area contributed by atoms with Crippen LogP contribution in [-0.2, 0) is 19.6 Å². The van der Waals surface area contributed by atoms with E-state index in [1.807, 2.05) is 6.92 Å². The van der Waals surface area contributed by atoms with Gasteiger partial charge in [-0.1, -0.05) is 11.6 Å². The van der Waals surface area contributed by atoms with E-state index in [-0.39, 0.29) is 27.4 Å². The quantitative estimate of drug-likeness (QED) is 0.690. The second kappa shape index (κ2) is 8.16. The van der Waals surface area contributed by atoms with Crippen molar-refractivity contribution in [3.63, 3.8) is 0 Å². The third-order valence-corrected chi connectivity index (χ3v) is 7.14. The first kappa shape index (κ1) is 20.1. The maximum atomic E-state index is 12.6. The maximum Gasteiger partial charge on any atom is 0.340 e. The summed E-state index contributed by atoms with van der Waals surface area (Å²) in [6.07, 6.45) is 3.82. The molecular formula is C18H23ClN2O5S. The summed E-state index contributed by atoms with van der Waals surface area (Å²) in [6, 6.07) is 3.99. The number of esters is 1. The van der Waals surface area contributed by atoms with Gasteiger partial charge in [0.1, 0.15) is 0 Å². The van der Waals surface area contributed by atoms with Gasteiger partial charge in [0.25, 0.3) is 5.91 Å². The van der Waals surface area contributed by atoms with Gasteiger partial charge in [-0.3, -0.25) is 4.79 Å². The van der Waals surface area contributed by atoms with E-state index in [0.717, 1.165) is 25.7 Å². The molecule has 1 amide bonds. The highest BCUT2D eigenvalue weighted by Gasteiger charge is 2.30. The number of amides is 1. The standard InChI is InChI=1S/C18H23ClN2O5S/c1-12(13-4-5-13)20-17(22)11-26-18(23)15-10-14(6-7-16(15)19)27(24,25)21-8-2-3-9-21/h6-7,10,12-13H,2-5,8-9,11H2,1H3,(H,20,22)/t12-/m1/s1. The molecule has 2 fully saturated rings. The number of halogens is 1. The molecule has 1 saturated heterocycles. The number of hydrogen-bond donors (Lipinski definition) is 1. The van der Waals surface area contributed by atoms with E-state index in [2.05, 4.69) is 5.32 Å². The highest BCUT2D eigenvalue weighted by molar-refractivity contribution is 7.89. The fraction of sp³-hybridized carbons (Fsp3) is 0.556. The minimum Gasteiger partial charge on any atom is -0.452 e. The monoisotopic (exact) mass is 414 g/mol. The van der Waals surface area contributed by atoms with Crippen LogP contribution in [0.25, 0.3) is 0 Å². The van der Waals surface area contributed by atoms with E-state index in [1.54, 1.807) is 0 Å². The first-order valence-corrected chi connectivity index (χ1v) is 10.9. The number of nitrogens with one attached hydrogen (secondary N) is 1. The zero-order valence-electron chi connectivity index (χ0n) is 15.1. The molecule has 1 saturated carbocycles. The van der Waals surface area contributed by atoms with Crippen LogP contribution in [0.5, 0.6) is 0 Å². The van der Waals surface area contributed by atoms with Crippen LogP contribution in [-0.4, -0.2) is 50.3 Å². The first-order chi connectivity index (χ1) is 12.8. The van der Waals surface area contributed by atoms with Gasteiger partial charge >= 0.3 is 5.97 Å². The number of carbonyl (C=O) groups is 2. The Morgan fingerprint density at radius 3 is 2.59 bits per heavy atom. The number of carbonyl (C=O) groups excluding carboxylic acids is 2. The Morgan fingerprint density at radius 2 is 1.96 bits per heavy atom. The average Bonchev–Trinajstić information content (AvgIpc) is 3.33. The molecule has 1 atom stereocenters. The van der Waals surface area contributed by atoms with Crippen LogP contribution in [0.3, 0.4) is 0 Å². The molecule has 9 heteroatoms. The first-order valence-electron chi connectivity index (χ1n) is 9.05. The smallest absolute Gasteiger partial charge is 0.340 e. The van der Waals surface area contributed by atoms with Crippen LogP contribution < -0.4 is 5.32 Å². The molecule has 0 spiro atoms. The van der Waals surface area contributed by atoms with Crippen molar-refractivity contribution < 1.29 is 22.7 Å². The number of hydrogen-bond acceptors (Lipinski definition) is 5. The van der Waals surface area contributed by atoms with E-state index < -0.39 is 22.6 Å². The molecule has 1 aliphatic carbocycles. The summed E-state index contributed by atoms with van der Waals surface area (Å²) in [7, 11) is -3.67. The third kappa shape index (κ3) is 4.80. The molecular weight excluding hydrogens is 392 g/mol. The molecule has 0 unspecified atom stereocenters. The largest absolute Gasteiger partial charge is 0.452 e. The van der Waals surface area contributed by atoms with Gasteiger partial charge in [-0.15, -0.1) is 0 Å². The lowest BCUT2D eigenvalue weighted by Crippen LogP contribution is -2.37. The van der Waals surface area contributed by atoms with Gasteiger partial charge in [-0.2, -0.15) is 4.31 Å². The zero-order chi connectivity index (χ0) is 19.6. The average molecular weight is 415 g/mol. The lowest BCUT2D eigenvalue weighted by atomic mass is 10.2. The minimum absolute atomic E-state index is 0.00689. The SMILES string of the molecule is C[C@@H](NC(=O)COC(=O)c1cc(S(=O)(=O)N2CCCC2)ccc1Cl)C1CC1. The van der Waals surface area contributed by atoms with Crippen LogP contribution >= 0.6 is 11.6 Å². The van der Waals surface area contributed by atoms with Gasteiger partial charge in [0.2, 0.25) is 10.0 Å². The van der Waals surface area contributed by atoms with Crippen LogP contribution in [0.2, 0.25) is 5.02 Å². The van der Waals surface area contributed by atoms with Crippen molar-refractivity contribution >= 4 is 33.5 Å². The number of rotatable bonds is 7. The van der Waals surface area contributed by atoms with E-state index in [9.17, 15) is 18.0 Å². The Balaban J connectivity index is 1.66. The van der Waals surface area contributed by atoms with Gasteiger partial charge < -0.3 is 10.1 Å². The molecule has 2 aliphatic rings. The Bertz CT molecular complexity index is 832. The summed E-state index contributed by atoms with van der Waals surface area (Å²) in [5.74, 6) is -0.723. The maximum absolute atomic E-state index is 12.6. The third-order valence-electron chi connectivity index (χ3n) is 4.91. The summed E-state index contributed by atoms with van der Waals surface area (Å²) in [5, 5.41) is 2.86. The molecule has 3 rings (SSSR count). The van der Waals surface area contributed by atoms with Gasteiger partial charge in [0.05, 0.1) is 15.5 Å². The van der Waals surface area contributed by atoms with E-state index >= 15 is 0 Å². The zero-order valence-corrected chi connectivity index (χ0v) is 16.7. The Kier molecular flexibility index (Phi) is 6.08. The number of nitrogens with zero attached hydrogens (tertiary/aromatic N) is 1. The molecule has 1 aliphatic heterocycles. The van der Waals surface area contributed by atoms with Crippen molar-refractivity contribution in [3.8, 4) is 0 Å². The van der Waals surface area contributed by atoms with E-state index in [4.69, 9.17) is 16.3 Å². The molecule has 148 valence electrons. The molecule has 1 aromatic carbocycles. The van der Waals surface area contributed by atoms with Crippen molar-refractivity contribution in [2.24, 2.45) is 5.92 Å². The second-order valence-corrected chi connectivity index (χ2v) is 9.37. The topological polar surface area (TPSA) is 92.8 Å². The van der Waals surface area contributed by atoms with Crippen LogP contribution in [0.4, 0.5) is 0 Å². The fourth-order valence-electron chi connectivity index (χ4n) is 3.12. The van der Waals surface area contributed by atoms with Crippen LogP contribution in [0.1, 0.15) is 43.0 Å². The molecule has 0 bridgehead atoms. The van der Waals surface area contributed by atoms with Crippen molar-refractivity contribution in [3.05, 3.63) is 28.8 Å². The Hall–Kier alpha value is -1.64. The highest BCUT2D eigenvalue weighted by Crippen LogP contribution is 2.32. The van der Waals surface area contributed by atoms with Gasteiger partial charge in [0.15, 0.2) is 6.61 Å². The fourth-order valence-corrected chi connectivity index (χ4v) is 4.86. The predicted molar refractivity (Wildman–Crippen MR) is 100 cm³/mol. The van der Waals surface area contributed by atoms with Gasteiger partial charge in [-0.05, 0) is 56.7 Å². The number of sulfonamides is 1. The van der Waals surface area contributed by atoms with Crippen molar-refractivity contribution in [2.45, 2.75) is 43.5 Å². The number of ether oxygens (including phenoxy) is 1. The Labute approximate surface area is 164 Å². The summed E-state index contributed by atoms with van der Waals surface area (Å²) in [5.41, 5.74) is -0.0695. The van der Waals surface area contributed by atoms with Gasteiger partial charge in [-0.25, -0.2) is 13.2 Å². The summed E-state index contributed by atoms with van der Waals surface area (Å²) in [6.45, 7) is 2.41. The molecule has 1 heterocycles. The molecule has 27 heavy (non-hydrogen) atoms. The molecule has 1 N–H and O–H groups in total. The van der Waals surface area contributed by atoms with E-state index in [0.29, 0.717) is 19.0 Å². The summed E-state index contributed by atoms with van der Waals surface area (Å²) >= 11 is 6.04. The lowest BCUT2D eigenvalue weighted by Gasteiger charge is -2.16. The van der Waals surface area contributed by atoms with Crippen molar-refractivity contribution in [1.29, 1.82) is 0 Å². The summed E-state index contributed by atoms with van der Waals surface area (Å²) < 4.78 is 31.7. The summed E-state index contributed by atoms with van der Waals surface area (Å²) in [4.78, 5) is 24.2. The lowest BCUT2D eigenvalue weighted by molar-refractivity contribution is -0.124. The van der Waals surface area contributed by atoms with Crippen LogP contribution in [0.15, 0.2) is 23.1 Å². The van der Waals surface area contributed by atoms with E-state index in [1.165, 1.54) is 22.5 Å². The minimum atomic E-state index is -3.67. The molecule has 0 aromatic heterocycles. The molecule has 7 nitrogen and oxygen atoms in total. The number of benzene rings is 1.